The van der Waals surface area contributed by atoms with Crippen molar-refractivity contribution in [3.8, 4) is 5.75 Å². The molecule has 0 heterocycles. The number of ether oxygens (including phenoxy) is 1. The number of benzene rings is 1. The Labute approximate surface area is 128 Å². The van der Waals surface area contributed by atoms with E-state index in [0.29, 0.717) is 6.29 Å². The molecule has 0 aromatic heterocycles. The smallest absolute Gasteiger partial charge is 0.497 e. The summed E-state index contributed by atoms with van der Waals surface area (Å²) in [5.74, 6) is 0.0313. The van der Waals surface area contributed by atoms with Crippen LogP contribution in [0.1, 0.15) is 10.4 Å². The van der Waals surface area contributed by atoms with Crippen molar-refractivity contribution in [2.75, 3.05) is 7.11 Å². The van der Waals surface area contributed by atoms with E-state index >= 15 is 0 Å². The van der Waals surface area contributed by atoms with Gasteiger partial charge < -0.3 is 17.7 Å². The summed E-state index contributed by atoms with van der Waals surface area (Å²) >= 11 is 0. The van der Waals surface area contributed by atoms with Gasteiger partial charge in [0.05, 0.1) is 7.11 Å². The van der Waals surface area contributed by atoms with Crippen LogP contribution in [0.15, 0.2) is 18.2 Å². The SMILES string of the molecule is COc1cc(C=O)cc([B-](F)(F)F)c1.[K+]. The molecule has 0 bridgehead atoms. The third-order valence-corrected chi connectivity index (χ3v) is 1.70. The van der Waals surface area contributed by atoms with Crippen molar-refractivity contribution in [2.45, 2.75) is 0 Å². The van der Waals surface area contributed by atoms with E-state index in [1.165, 1.54) is 13.2 Å². The Hall–Kier alpha value is 0.181. The molecule has 0 fully saturated rings. The van der Waals surface area contributed by atoms with Crippen LogP contribution < -0.4 is 61.6 Å². The van der Waals surface area contributed by atoms with Crippen LogP contribution in [0.2, 0.25) is 0 Å². The number of halogens is 3. The van der Waals surface area contributed by atoms with Gasteiger partial charge in [-0.2, -0.15) is 0 Å². The number of hydrogen-bond acceptors (Lipinski definition) is 2. The molecule has 15 heavy (non-hydrogen) atoms. The molecule has 1 aromatic rings. The number of carbonyl (C=O) groups excluding carboxylic acids is 1. The molecule has 1 rings (SSSR count). The van der Waals surface area contributed by atoms with Gasteiger partial charge in [-0.1, -0.05) is 6.07 Å². The molecule has 0 amide bonds. The first-order valence-corrected chi connectivity index (χ1v) is 3.81. The van der Waals surface area contributed by atoms with Crippen molar-refractivity contribution in [1.82, 2.24) is 0 Å². The van der Waals surface area contributed by atoms with Crippen molar-refractivity contribution < 1.29 is 73.9 Å². The van der Waals surface area contributed by atoms with Gasteiger partial charge in [-0.25, -0.2) is 0 Å². The number of methoxy groups -OCH3 is 1. The molecule has 0 aliphatic carbocycles. The second kappa shape index (κ2) is 6.05. The maximum Gasteiger partial charge on any atom is 1.00 e. The average molecular weight is 242 g/mol. The zero-order valence-electron chi connectivity index (χ0n) is 8.34. The molecule has 0 saturated heterocycles. The van der Waals surface area contributed by atoms with Crippen LogP contribution in [0, 0.1) is 0 Å². The molecular weight excluding hydrogens is 235 g/mol. The number of aldehydes is 1. The molecule has 0 radical (unpaired) electrons. The van der Waals surface area contributed by atoms with Crippen molar-refractivity contribution in [1.29, 1.82) is 0 Å². The van der Waals surface area contributed by atoms with Gasteiger partial charge in [0, 0.05) is 5.56 Å². The van der Waals surface area contributed by atoms with Crippen molar-refractivity contribution in [3.05, 3.63) is 23.8 Å². The van der Waals surface area contributed by atoms with Crippen molar-refractivity contribution >= 4 is 18.7 Å². The van der Waals surface area contributed by atoms with E-state index in [-0.39, 0.29) is 62.7 Å². The van der Waals surface area contributed by atoms with E-state index in [1.54, 1.807) is 0 Å². The number of carbonyl (C=O) groups is 1. The summed E-state index contributed by atoms with van der Waals surface area (Å²) < 4.78 is 41.6. The van der Waals surface area contributed by atoms with Gasteiger partial charge in [-0.05, 0) is 12.1 Å². The number of rotatable bonds is 3. The first-order valence-electron chi connectivity index (χ1n) is 3.81. The summed E-state index contributed by atoms with van der Waals surface area (Å²) in [6, 6.07) is 2.92. The molecule has 0 spiro atoms. The molecule has 7 heteroatoms. The van der Waals surface area contributed by atoms with E-state index in [2.05, 4.69) is 4.74 Å². The summed E-state index contributed by atoms with van der Waals surface area (Å²) in [6.45, 7) is -5.10. The van der Waals surface area contributed by atoms with E-state index in [9.17, 15) is 17.7 Å². The summed E-state index contributed by atoms with van der Waals surface area (Å²) in [6.07, 6.45) is 0.355. The van der Waals surface area contributed by atoms with Gasteiger partial charge >= 0.3 is 58.4 Å². The third-order valence-electron chi connectivity index (χ3n) is 1.70. The van der Waals surface area contributed by atoms with Gasteiger partial charge in [-0.3, -0.25) is 4.79 Å². The Morgan fingerprint density at radius 3 is 2.27 bits per heavy atom. The van der Waals surface area contributed by atoms with Crippen LogP contribution in [-0.2, 0) is 0 Å². The minimum absolute atomic E-state index is 0. The molecule has 0 aliphatic heterocycles. The third kappa shape index (κ3) is 4.28. The Balaban J connectivity index is 0.00000196. The maximum absolute atomic E-state index is 12.3. The molecule has 2 nitrogen and oxygen atoms in total. The quantitative estimate of drug-likeness (QED) is 0.479. The minimum Gasteiger partial charge on any atom is -0.497 e. The zero-order valence-corrected chi connectivity index (χ0v) is 11.5. The monoisotopic (exact) mass is 242 g/mol. The summed E-state index contributed by atoms with van der Waals surface area (Å²) in [7, 11) is 1.25. The fourth-order valence-electron chi connectivity index (χ4n) is 1.02. The van der Waals surface area contributed by atoms with Crippen molar-refractivity contribution in [2.24, 2.45) is 0 Å². The molecule has 0 saturated carbocycles. The summed E-state index contributed by atoms with van der Waals surface area (Å²) in [5, 5.41) is 0. The first-order chi connectivity index (χ1) is 6.47. The number of hydrogen-bond donors (Lipinski definition) is 0. The predicted molar refractivity (Wildman–Crippen MR) is 47.1 cm³/mol. The van der Waals surface area contributed by atoms with Crippen LogP contribution >= 0.6 is 0 Å². The molecule has 1 aromatic carbocycles. The second-order valence-corrected chi connectivity index (χ2v) is 2.73. The van der Waals surface area contributed by atoms with Gasteiger partial charge in [0.1, 0.15) is 12.0 Å². The first kappa shape index (κ1) is 15.2. The van der Waals surface area contributed by atoms with Gasteiger partial charge in [0.15, 0.2) is 0 Å². The van der Waals surface area contributed by atoms with Crippen LogP contribution in [0.4, 0.5) is 12.9 Å². The van der Waals surface area contributed by atoms with Crippen LogP contribution in [0.5, 0.6) is 5.75 Å². The predicted octanol–water partition coefficient (Wildman–Crippen LogP) is -1.43. The summed E-state index contributed by atoms with van der Waals surface area (Å²) in [5.41, 5.74) is -0.870. The second-order valence-electron chi connectivity index (χ2n) is 2.73. The molecule has 0 atom stereocenters. The Kier molecular flexibility index (Phi) is 6.12. The van der Waals surface area contributed by atoms with Gasteiger partial charge in [0.2, 0.25) is 0 Å². The molecular formula is C8H7BF3KO2. The molecule has 0 N–H and O–H groups in total. The van der Waals surface area contributed by atoms with Crippen LogP contribution in [-0.4, -0.2) is 20.4 Å². The normalized spacial score (nSPS) is 10.4. The minimum atomic E-state index is -5.10. The zero-order chi connectivity index (χ0) is 10.8. The van der Waals surface area contributed by atoms with Gasteiger partial charge in [-0.15, -0.1) is 5.46 Å². The van der Waals surface area contributed by atoms with E-state index < -0.39 is 12.4 Å². The standard InChI is InChI=1S/C8H7BF3O2.K/c1-14-8-3-6(5-13)2-7(4-8)9(10,11)12;/h2-5H,1H3;/q-1;+1. The maximum atomic E-state index is 12.3. The van der Waals surface area contributed by atoms with E-state index in [0.717, 1.165) is 12.1 Å². The fraction of sp³-hybridized carbons (Fsp3) is 0.125. The molecule has 0 unspecified atom stereocenters. The molecule has 0 aliphatic rings. The Morgan fingerprint density at radius 1 is 1.27 bits per heavy atom. The van der Waals surface area contributed by atoms with E-state index in [4.69, 9.17) is 0 Å². The largest absolute Gasteiger partial charge is 1.00 e. The Morgan fingerprint density at radius 2 is 1.87 bits per heavy atom. The van der Waals surface area contributed by atoms with Crippen LogP contribution in [0.25, 0.3) is 0 Å². The van der Waals surface area contributed by atoms with E-state index in [1.807, 2.05) is 0 Å². The summed E-state index contributed by atoms with van der Waals surface area (Å²) in [4.78, 5) is 10.3. The average Bonchev–Trinajstić information content (AvgIpc) is 2.15. The van der Waals surface area contributed by atoms with Gasteiger partial charge in [0.25, 0.3) is 0 Å². The Bertz CT molecular complexity index is 354. The van der Waals surface area contributed by atoms with Crippen molar-refractivity contribution in [3.63, 3.8) is 0 Å². The van der Waals surface area contributed by atoms with Crippen LogP contribution in [0.3, 0.4) is 0 Å². The molecule has 76 valence electrons. The fourth-order valence-corrected chi connectivity index (χ4v) is 1.02. The topological polar surface area (TPSA) is 26.3 Å².